The van der Waals surface area contributed by atoms with Crippen LogP contribution >= 0.6 is 0 Å². The molecule has 15 heavy (non-hydrogen) atoms. The zero-order valence-corrected chi connectivity index (χ0v) is 8.69. The first kappa shape index (κ1) is 10.2. The smallest absolute Gasteiger partial charge is 0.0525 e. The lowest BCUT2D eigenvalue weighted by atomic mass is 10.1. The molecule has 0 fully saturated rings. The van der Waals surface area contributed by atoms with Gasteiger partial charge in [0.25, 0.3) is 0 Å². The number of aliphatic hydroxyl groups excluding tert-OH is 1. The monoisotopic (exact) mass is 204 g/mol. The predicted octanol–water partition coefficient (Wildman–Crippen LogP) is 1.48. The minimum atomic E-state index is 0.227. The number of fused-ring (bicyclic) bond motifs is 1. The van der Waals surface area contributed by atoms with Gasteiger partial charge in [-0.2, -0.15) is 0 Å². The summed E-state index contributed by atoms with van der Waals surface area (Å²) in [6, 6.07) is 8.26. The summed E-state index contributed by atoms with van der Waals surface area (Å²) in [7, 11) is 0. The van der Waals surface area contributed by atoms with Crippen molar-refractivity contribution in [3.63, 3.8) is 0 Å². The van der Waals surface area contributed by atoms with E-state index in [0.29, 0.717) is 6.54 Å². The topological polar surface area (TPSA) is 51.2 Å². The molecule has 3 N–H and O–H groups in total. The summed E-state index contributed by atoms with van der Waals surface area (Å²) in [6.07, 6.45) is 2.84. The van der Waals surface area contributed by atoms with E-state index in [0.717, 1.165) is 18.5 Å². The number of aryl methyl sites for hydroxylation is 1. The molecule has 0 amide bonds. The van der Waals surface area contributed by atoms with E-state index >= 15 is 0 Å². The Morgan fingerprint density at radius 2 is 2.13 bits per heavy atom. The van der Waals surface area contributed by atoms with Crippen molar-refractivity contribution in [2.45, 2.75) is 19.5 Å². The van der Waals surface area contributed by atoms with Crippen molar-refractivity contribution < 1.29 is 5.11 Å². The Labute approximate surface area is 89.1 Å². The average Bonchev–Trinajstić information content (AvgIpc) is 2.69. The number of benzene rings is 1. The van der Waals surface area contributed by atoms with Gasteiger partial charge in [0.15, 0.2) is 0 Å². The molecule has 0 spiro atoms. The van der Waals surface area contributed by atoms with Gasteiger partial charge in [0.05, 0.1) is 5.52 Å². The van der Waals surface area contributed by atoms with Crippen molar-refractivity contribution >= 4 is 10.9 Å². The fraction of sp³-hybridized carbons (Fsp3) is 0.333. The van der Waals surface area contributed by atoms with Gasteiger partial charge in [-0.25, -0.2) is 0 Å². The second kappa shape index (κ2) is 4.47. The van der Waals surface area contributed by atoms with Crippen LogP contribution < -0.4 is 5.73 Å². The van der Waals surface area contributed by atoms with Crippen LogP contribution in [0.4, 0.5) is 0 Å². The molecule has 0 bridgehead atoms. The third kappa shape index (κ3) is 1.89. The molecule has 1 aromatic carbocycles. The Bertz CT molecular complexity index is 448. The van der Waals surface area contributed by atoms with Crippen LogP contribution in [0.1, 0.15) is 12.0 Å². The first-order valence-corrected chi connectivity index (χ1v) is 5.24. The third-order valence-electron chi connectivity index (χ3n) is 2.65. The molecule has 80 valence electrons. The van der Waals surface area contributed by atoms with Crippen molar-refractivity contribution in [3.8, 4) is 0 Å². The van der Waals surface area contributed by atoms with Crippen LogP contribution in [0.15, 0.2) is 30.5 Å². The van der Waals surface area contributed by atoms with E-state index in [9.17, 15) is 0 Å². The number of aromatic nitrogens is 1. The van der Waals surface area contributed by atoms with E-state index < -0.39 is 0 Å². The highest BCUT2D eigenvalue weighted by Crippen LogP contribution is 2.20. The van der Waals surface area contributed by atoms with Crippen LogP contribution in [0.5, 0.6) is 0 Å². The lowest BCUT2D eigenvalue weighted by Crippen LogP contribution is -2.03. The van der Waals surface area contributed by atoms with E-state index in [2.05, 4.69) is 29.0 Å². The predicted molar refractivity (Wildman–Crippen MR) is 61.5 cm³/mol. The van der Waals surface area contributed by atoms with E-state index in [-0.39, 0.29) is 6.61 Å². The van der Waals surface area contributed by atoms with Gasteiger partial charge in [0, 0.05) is 25.9 Å². The summed E-state index contributed by atoms with van der Waals surface area (Å²) in [4.78, 5) is 0. The molecular weight excluding hydrogens is 188 g/mol. The summed E-state index contributed by atoms with van der Waals surface area (Å²) in [6.45, 7) is 1.63. The van der Waals surface area contributed by atoms with E-state index in [4.69, 9.17) is 10.8 Å². The average molecular weight is 204 g/mol. The molecule has 0 aliphatic rings. The van der Waals surface area contributed by atoms with E-state index in [1.54, 1.807) is 0 Å². The van der Waals surface area contributed by atoms with Crippen LogP contribution in [0.2, 0.25) is 0 Å². The van der Waals surface area contributed by atoms with Crippen LogP contribution in [0.3, 0.4) is 0 Å². The van der Waals surface area contributed by atoms with Crippen molar-refractivity contribution in [1.82, 2.24) is 4.57 Å². The summed E-state index contributed by atoms with van der Waals surface area (Å²) < 4.78 is 2.16. The van der Waals surface area contributed by atoms with Crippen LogP contribution in [-0.2, 0) is 13.1 Å². The third-order valence-corrected chi connectivity index (χ3v) is 2.65. The first-order chi connectivity index (χ1) is 7.36. The molecule has 0 saturated heterocycles. The highest BCUT2D eigenvalue weighted by Gasteiger charge is 2.04. The number of nitrogens with zero attached hydrogens (tertiary/aromatic N) is 1. The fourth-order valence-electron chi connectivity index (χ4n) is 1.93. The van der Waals surface area contributed by atoms with Gasteiger partial charge < -0.3 is 15.4 Å². The Hall–Kier alpha value is -1.32. The minimum absolute atomic E-state index is 0.227. The molecule has 2 rings (SSSR count). The first-order valence-electron chi connectivity index (χ1n) is 5.24. The minimum Gasteiger partial charge on any atom is -0.396 e. The molecule has 0 aliphatic heterocycles. The molecule has 0 radical (unpaired) electrons. The number of hydrogen-bond donors (Lipinski definition) is 2. The van der Waals surface area contributed by atoms with Gasteiger partial charge >= 0.3 is 0 Å². The van der Waals surface area contributed by atoms with Gasteiger partial charge in [-0.05, 0) is 23.4 Å². The van der Waals surface area contributed by atoms with Gasteiger partial charge in [-0.1, -0.05) is 18.2 Å². The Kier molecular flexibility index (Phi) is 3.04. The van der Waals surface area contributed by atoms with Gasteiger partial charge in [0.1, 0.15) is 0 Å². The number of nitrogens with two attached hydrogens (primary N) is 1. The number of aliphatic hydroxyl groups is 1. The molecule has 1 aromatic heterocycles. The maximum Gasteiger partial charge on any atom is 0.0525 e. The molecule has 3 nitrogen and oxygen atoms in total. The standard InChI is InChI=1S/C12H16N2O/c13-9-11-4-1-3-10-5-7-14(12(10)11)6-2-8-15/h1,3-5,7,15H,2,6,8-9,13H2. The quantitative estimate of drug-likeness (QED) is 0.792. The Morgan fingerprint density at radius 3 is 2.87 bits per heavy atom. The van der Waals surface area contributed by atoms with Crippen molar-refractivity contribution in [2.24, 2.45) is 5.73 Å². The maximum absolute atomic E-state index is 8.83. The number of rotatable bonds is 4. The van der Waals surface area contributed by atoms with Crippen molar-refractivity contribution in [3.05, 3.63) is 36.0 Å². The van der Waals surface area contributed by atoms with Gasteiger partial charge in [-0.15, -0.1) is 0 Å². The number of para-hydroxylation sites is 1. The SMILES string of the molecule is NCc1cccc2ccn(CCCO)c12. The van der Waals surface area contributed by atoms with Gasteiger partial charge in [0.2, 0.25) is 0 Å². The molecule has 1 heterocycles. The molecule has 0 aliphatic carbocycles. The molecule has 3 heteroatoms. The van der Waals surface area contributed by atoms with Gasteiger partial charge in [-0.3, -0.25) is 0 Å². The fourth-order valence-corrected chi connectivity index (χ4v) is 1.93. The summed E-state index contributed by atoms with van der Waals surface area (Å²) >= 11 is 0. The summed E-state index contributed by atoms with van der Waals surface area (Å²) in [5.41, 5.74) is 8.07. The normalized spacial score (nSPS) is 11.1. The van der Waals surface area contributed by atoms with Crippen molar-refractivity contribution in [1.29, 1.82) is 0 Å². The lowest BCUT2D eigenvalue weighted by Gasteiger charge is -2.07. The van der Waals surface area contributed by atoms with E-state index in [1.165, 1.54) is 10.9 Å². The molecule has 0 saturated carbocycles. The highest BCUT2D eigenvalue weighted by molar-refractivity contribution is 5.83. The number of hydrogen-bond acceptors (Lipinski definition) is 2. The lowest BCUT2D eigenvalue weighted by molar-refractivity contribution is 0.280. The molecular formula is C12H16N2O. The summed E-state index contributed by atoms with van der Waals surface area (Å²) in [5.74, 6) is 0. The van der Waals surface area contributed by atoms with Crippen LogP contribution in [0.25, 0.3) is 10.9 Å². The van der Waals surface area contributed by atoms with E-state index in [1.807, 2.05) is 6.07 Å². The highest BCUT2D eigenvalue weighted by atomic mass is 16.3. The second-order valence-electron chi connectivity index (χ2n) is 3.65. The molecule has 0 unspecified atom stereocenters. The van der Waals surface area contributed by atoms with Crippen molar-refractivity contribution in [2.75, 3.05) is 6.61 Å². The van der Waals surface area contributed by atoms with Crippen LogP contribution in [-0.4, -0.2) is 16.3 Å². The molecule has 0 atom stereocenters. The zero-order chi connectivity index (χ0) is 10.7. The zero-order valence-electron chi connectivity index (χ0n) is 8.69. The largest absolute Gasteiger partial charge is 0.396 e. The molecule has 2 aromatic rings. The Morgan fingerprint density at radius 1 is 1.27 bits per heavy atom. The Balaban J connectivity index is 2.46. The second-order valence-corrected chi connectivity index (χ2v) is 3.65. The maximum atomic E-state index is 8.83. The van der Waals surface area contributed by atoms with Crippen LogP contribution in [0, 0.1) is 0 Å². The summed E-state index contributed by atoms with van der Waals surface area (Å²) in [5, 5.41) is 10.0.